The molecule has 28 heavy (non-hydrogen) atoms. The van der Waals surface area contributed by atoms with Crippen molar-refractivity contribution in [2.75, 3.05) is 0 Å². The van der Waals surface area contributed by atoms with Crippen molar-refractivity contribution in [2.24, 2.45) is 0 Å². The quantitative estimate of drug-likeness (QED) is 0.507. The minimum absolute atomic E-state index is 0.0620. The van der Waals surface area contributed by atoms with Crippen molar-refractivity contribution >= 4 is 22.7 Å². The molecule has 0 fully saturated rings. The number of nitrogens with zero attached hydrogens (tertiary/aromatic N) is 4. The number of aryl methyl sites for hydroxylation is 2. The molecule has 0 bridgehead atoms. The molecule has 0 N–H and O–H groups in total. The fourth-order valence-electron chi connectivity index (χ4n) is 3.04. The van der Waals surface area contributed by atoms with Crippen LogP contribution in [-0.2, 0) is 16.1 Å². The van der Waals surface area contributed by atoms with E-state index in [1.54, 1.807) is 12.4 Å². The van der Waals surface area contributed by atoms with Crippen molar-refractivity contribution in [1.29, 1.82) is 0 Å². The van der Waals surface area contributed by atoms with Gasteiger partial charge in [-0.2, -0.15) is 5.10 Å². The second-order valence-electron chi connectivity index (χ2n) is 7.85. The first-order valence-electron chi connectivity index (χ1n) is 9.08. The third-order valence-corrected chi connectivity index (χ3v) is 4.22. The molecule has 0 aliphatic heterocycles. The zero-order valence-electron chi connectivity index (χ0n) is 17.0. The summed E-state index contributed by atoms with van der Waals surface area (Å²) in [5.74, 6) is 0.126. The van der Waals surface area contributed by atoms with E-state index in [-0.39, 0.29) is 12.3 Å². The summed E-state index contributed by atoms with van der Waals surface area (Å²) >= 11 is 0. The van der Waals surface area contributed by atoms with Gasteiger partial charge < -0.3 is 4.74 Å². The Kier molecular flexibility index (Phi) is 5.02. The molecule has 3 aromatic rings. The number of esters is 1. The van der Waals surface area contributed by atoms with Crippen molar-refractivity contribution in [2.45, 2.75) is 53.7 Å². The fourth-order valence-corrected chi connectivity index (χ4v) is 3.04. The van der Waals surface area contributed by atoms with Gasteiger partial charge in [0.2, 0.25) is 0 Å². The molecule has 0 aliphatic carbocycles. The fraction of sp³-hybridized carbons (Fsp3) is 0.381. The van der Waals surface area contributed by atoms with Crippen molar-refractivity contribution in [1.82, 2.24) is 19.7 Å². The predicted octanol–water partition coefficient (Wildman–Crippen LogP) is 3.65. The van der Waals surface area contributed by atoms with Crippen LogP contribution in [-0.4, -0.2) is 37.1 Å². The average Bonchev–Trinajstić information content (AvgIpc) is 2.91. The molecule has 0 saturated heterocycles. The highest BCUT2D eigenvalue weighted by molar-refractivity contribution is 6.06. The van der Waals surface area contributed by atoms with Crippen LogP contribution in [0.3, 0.4) is 0 Å². The summed E-state index contributed by atoms with van der Waals surface area (Å²) in [6, 6.07) is 3.84. The van der Waals surface area contributed by atoms with Crippen LogP contribution in [0, 0.1) is 13.8 Å². The van der Waals surface area contributed by atoms with Crippen LogP contribution >= 0.6 is 0 Å². The third kappa shape index (κ3) is 4.08. The molecule has 0 spiro atoms. The number of rotatable bonds is 4. The zero-order chi connectivity index (χ0) is 20.6. The summed E-state index contributed by atoms with van der Waals surface area (Å²) in [6.45, 7) is 10.6. The largest absolute Gasteiger partial charge is 0.459 e. The number of ether oxygens (including phenoxy) is 1. The lowest BCUT2D eigenvalue weighted by Crippen LogP contribution is -2.26. The van der Waals surface area contributed by atoms with E-state index in [4.69, 9.17) is 4.74 Å². The molecular weight excluding hydrogens is 356 g/mol. The minimum atomic E-state index is -0.585. The Bertz CT molecular complexity index is 1060. The lowest BCUT2D eigenvalue weighted by atomic mass is 9.99. The first-order chi connectivity index (χ1) is 13.0. The van der Waals surface area contributed by atoms with Gasteiger partial charge in [0.15, 0.2) is 5.78 Å². The number of ketones is 1. The second-order valence-corrected chi connectivity index (χ2v) is 7.85. The number of carbonyl (C=O) groups excluding carboxylic acids is 2. The van der Waals surface area contributed by atoms with E-state index in [1.807, 2.05) is 46.8 Å². The minimum Gasteiger partial charge on any atom is -0.459 e. The summed E-state index contributed by atoms with van der Waals surface area (Å²) in [4.78, 5) is 32.9. The molecule has 7 nitrogen and oxygen atoms in total. The van der Waals surface area contributed by atoms with Gasteiger partial charge in [-0.1, -0.05) is 0 Å². The SMILES string of the molecule is CC(=O)c1nn(CC(=O)OC(C)(C)C)c2cc(C)c(-c3cnc(C)nc3)cc12. The van der Waals surface area contributed by atoms with E-state index in [1.165, 1.54) is 11.6 Å². The number of Topliss-reactive ketones (excluding diaryl/α,β-unsaturated/α-hetero) is 1. The molecule has 7 heteroatoms. The number of benzene rings is 1. The van der Waals surface area contributed by atoms with Crippen LogP contribution in [0.15, 0.2) is 24.5 Å². The molecule has 2 aromatic heterocycles. The van der Waals surface area contributed by atoms with Gasteiger partial charge in [-0.05, 0) is 57.9 Å². The van der Waals surface area contributed by atoms with Gasteiger partial charge in [0.05, 0.1) is 5.52 Å². The van der Waals surface area contributed by atoms with Crippen LogP contribution in [0.25, 0.3) is 22.0 Å². The highest BCUT2D eigenvalue weighted by Crippen LogP contribution is 2.30. The monoisotopic (exact) mass is 380 g/mol. The van der Waals surface area contributed by atoms with Crippen LogP contribution in [0.2, 0.25) is 0 Å². The number of hydrogen-bond acceptors (Lipinski definition) is 6. The maximum absolute atomic E-state index is 12.3. The van der Waals surface area contributed by atoms with Crippen LogP contribution in [0.1, 0.15) is 49.6 Å². The van der Waals surface area contributed by atoms with Crippen LogP contribution in [0.5, 0.6) is 0 Å². The zero-order valence-corrected chi connectivity index (χ0v) is 17.0. The topological polar surface area (TPSA) is 87.0 Å². The standard InChI is InChI=1S/C21H24N4O3/c1-12-7-18-17(8-16(12)15-9-22-14(3)23-10-15)20(13(2)26)24-25(18)11-19(27)28-21(4,5)6/h7-10H,11H2,1-6H3. The average molecular weight is 380 g/mol. The highest BCUT2D eigenvalue weighted by Gasteiger charge is 2.21. The molecule has 2 heterocycles. The van der Waals surface area contributed by atoms with Gasteiger partial charge >= 0.3 is 5.97 Å². The first kappa shape index (κ1) is 19.7. The van der Waals surface area contributed by atoms with E-state index >= 15 is 0 Å². The Morgan fingerprint density at radius 2 is 1.75 bits per heavy atom. The second kappa shape index (κ2) is 7.14. The van der Waals surface area contributed by atoms with E-state index in [2.05, 4.69) is 15.1 Å². The Balaban J connectivity index is 2.10. The number of hydrogen-bond donors (Lipinski definition) is 0. The number of carbonyl (C=O) groups is 2. The summed E-state index contributed by atoms with van der Waals surface area (Å²) < 4.78 is 6.92. The molecule has 0 atom stereocenters. The molecular formula is C21H24N4O3. The van der Waals surface area contributed by atoms with Gasteiger partial charge in [0, 0.05) is 30.3 Å². The van der Waals surface area contributed by atoms with E-state index in [0.29, 0.717) is 22.4 Å². The van der Waals surface area contributed by atoms with Crippen molar-refractivity contribution in [3.8, 4) is 11.1 Å². The van der Waals surface area contributed by atoms with Gasteiger partial charge in [-0.3, -0.25) is 14.3 Å². The molecule has 3 rings (SSSR count). The van der Waals surface area contributed by atoms with Gasteiger partial charge in [0.1, 0.15) is 23.7 Å². The first-order valence-corrected chi connectivity index (χ1v) is 9.08. The van der Waals surface area contributed by atoms with E-state index in [0.717, 1.165) is 16.7 Å². The summed E-state index contributed by atoms with van der Waals surface area (Å²) in [6.07, 6.45) is 3.52. The number of aromatic nitrogens is 4. The van der Waals surface area contributed by atoms with Crippen molar-refractivity contribution in [3.63, 3.8) is 0 Å². The third-order valence-electron chi connectivity index (χ3n) is 4.22. The number of fused-ring (bicyclic) bond motifs is 1. The Morgan fingerprint density at radius 3 is 2.32 bits per heavy atom. The Morgan fingerprint density at radius 1 is 1.11 bits per heavy atom. The molecule has 0 unspecified atom stereocenters. The smallest absolute Gasteiger partial charge is 0.328 e. The van der Waals surface area contributed by atoms with Crippen molar-refractivity contribution < 1.29 is 14.3 Å². The lowest BCUT2D eigenvalue weighted by molar-refractivity contribution is -0.155. The van der Waals surface area contributed by atoms with E-state index < -0.39 is 11.6 Å². The summed E-state index contributed by atoms with van der Waals surface area (Å²) in [7, 11) is 0. The maximum atomic E-state index is 12.3. The molecule has 1 aromatic carbocycles. The summed E-state index contributed by atoms with van der Waals surface area (Å²) in [5.41, 5.74) is 3.21. The summed E-state index contributed by atoms with van der Waals surface area (Å²) in [5, 5.41) is 5.08. The molecule has 0 amide bonds. The van der Waals surface area contributed by atoms with E-state index in [9.17, 15) is 9.59 Å². The van der Waals surface area contributed by atoms with Crippen molar-refractivity contribution in [3.05, 3.63) is 41.6 Å². The van der Waals surface area contributed by atoms with Gasteiger partial charge in [-0.25, -0.2) is 9.97 Å². The van der Waals surface area contributed by atoms with Crippen LogP contribution in [0.4, 0.5) is 0 Å². The normalized spacial score (nSPS) is 11.6. The predicted molar refractivity (Wildman–Crippen MR) is 106 cm³/mol. The maximum Gasteiger partial charge on any atom is 0.328 e. The molecule has 0 saturated carbocycles. The lowest BCUT2D eigenvalue weighted by Gasteiger charge is -2.19. The highest BCUT2D eigenvalue weighted by atomic mass is 16.6. The molecule has 0 aliphatic rings. The van der Waals surface area contributed by atoms with Gasteiger partial charge in [0.25, 0.3) is 0 Å². The van der Waals surface area contributed by atoms with Gasteiger partial charge in [-0.15, -0.1) is 0 Å². The molecule has 146 valence electrons. The molecule has 0 radical (unpaired) electrons. The Labute approximate surface area is 163 Å². The Hall–Kier alpha value is -3.09. The van der Waals surface area contributed by atoms with Crippen LogP contribution < -0.4 is 0 Å².